The number of halogens is 1. The van der Waals surface area contributed by atoms with Gasteiger partial charge in [0, 0.05) is 40.7 Å². The number of nitrogens with one attached hydrogen (secondary N) is 1. The van der Waals surface area contributed by atoms with Crippen molar-refractivity contribution in [3.8, 4) is 11.1 Å². The maximum atomic E-state index is 13.2. The highest BCUT2D eigenvalue weighted by Crippen LogP contribution is 2.35. The van der Waals surface area contributed by atoms with E-state index in [0.717, 1.165) is 39.7 Å². The van der Waals surface area contributed by atoms with Crippen LogP contribution in [0.5, 0.6) is 0 Å². The fourth-order valence-electron chi connectivity index (χ4n) is 3.83. The summed E-state index contributed by atoms with van der Waals surface area (Å²) in [7, 11) is 0. The SMILES string of the molecule is CC[C@H](C)c1cc(C)c(-c2cc3cnc(NC(=O)[C@H]4C[C@H]4F)cc3n3ncnc23)cn1. The fraction of sp³-hybridized carbons (Fsp3) is 0.348. The lowest BCUT2D eigenvalue weighted by molar-refractivity contribution is -0.117. The molecule has 1 aliphatic rings. The van der Waals surface area contributed by atoms with Crippen LogP contribution >= 0.6 is 0 Å². The Kier molecular flexibility index (Phi) is 4.64. The normalized spacial score (nSPS) is 19.0. The molecule has 1 N–H and O–H groups in total. The molecule has 5 rings (SSSR count). The van der Waals surface area contributed by atoms with Gasteiger partial charge in [-0.1, -0.05) is 13.8 Å². The number of fused-ring (bicyclic) bond motifs is 3. The lowest BCUT2D eigenvalue weighted by atomic mass is 9.98. The van der Waals surface area contributed by atoms with Gasteiger partial charge in [-0.15, -0.1) is 0 Å². The van der Waals surface area contributed by atoms with Gasteiger partial charge < -0.3 is 5.32 Å². The average molecular weight is 418 g/mol. The van der Waals surface area contributed by atoms with Crippen molar-refractivity contribution < 1.29 is 9.18 Å². The predicted molar refractivity (Wildman–Crippen MR) is 117 cm³/mol. The molecule has 31 heavy (non-hydrogen) atoms. The van der Waals surface area contributed by atoms with Crippen molar-refractivity contribution in [2.24, 2.45) is 5.92 Å². The topological polar surface area (TPSA) is 85.1 Å². The van der Waals surface area contributed by atoms with Gasteiger partial charge in [0.05, 0.1) is 11.4 Å². The van der Waals surface area contributed by atoms with E-state index < -0.39 is 12.1 Å². The monoisotopic (exact) mass is 418 g/mol. The number of hydrogen-bond acceptors (Lipinski definition) is 5. The number of carbonyl (C=O) groups is 1. The second kappa shape index (κ2) is 7.37. The third-order valence-electron chi connectivity index (χ3n) is 6.07. The Labute approximate surface area is 178 Å². The van der Waals surface area contributed by atoms with Crippen LogP contribution in [0.25, 0.3) is 27.7 Å². The minimum absolute atomic E-state index is 0.277. The quantitative estimate of drug-likeness (QED) is 0.517. The number of alkyl halides is 1. The van der Waals surface area contributed by atoms with Gasteiger partial charge >= 0.3 is 0 Å². The molecule has 1 fully saturated rings. The standard InChI is InChI=1S/C23H23FN6O/c1-4-12(2)19-5-13(3)17(10-25-19)15-6-14-9-26-21(29-23(31)16-7-18(16)24)8-20(14)30-22(15)27-11-28-30/h5-6,8-12,16,18H,4,7H2,1-3H3,(H,26,29,31)/t12-,16-,18+/m0/s1. The highest BCUT2D eigenvalue weighted by molar-refractivity contribution is 5.97. The van der Waals surface area contributed by atoms with E-state index in [1.165, 1.54) is 6.33 Å². The van der Waals surface area contributed by atoms with Gasteiger partial charge in [-0.2, -0.15) is 5.10 Å². The van der Waals surface area contributed by atoms with Gasteiger partial charge in [0.2, 0.25) is 5.91 Å². The second-order valence-corrected chi connectivity index (χ2v) is 8.26. The molecule has 7 nitrogen and oxygen atoms in total. The number of anilines is 1. The molecular formula is C23H23FN6O. The number of carbonyl (C=O) groups excluding carboxylic acids is 1. The molecule has 0 bridgehead atoms. The second-order valence-electron chi connectivity index (χ2n) is 8.26. The molecule has 1 aliphatic carbocycles. The van der Waals surface area contributed by atoms with Gasteiger partial charge in [0.15, 0.2) is 5.65 Å². The molecule has 4 aromatic heterocycles. The predicted octanol–water partition coefficient (Wildman–Crippen LogP) is 4.46. The third-order valence-corrected chi connectivity index (χ3v) is 6.07. The van der Waals surface area contributed by atoms with Crippen molar-refractivity contribution in [1.82, 2.24) is 24.6 Å². The van der Waals surface area contributed by atoms with Gasteiger partial charge in [0.25, 0.3) is 0 Å². The first kappa shape index (κ1) is 19.5. The van der Waals surface area contributed by atoms with Crippen LogP contribution in [0.2, 0.25) is 0 Å². The molecule has 1 amide bonds. The summed E-state index contributed by atoms with van der Waals surface area (Å²) in [4.78, 5) is 25.6. The minimum atomic E-state index is -1.05. The number of aryl methyl sites for hydroxylation is 1. The zero-order chi connectivity index (χ0) is 21.7. The Balaban J connectivity index is 1.58. The lowest BCUT2D eigenvalue weighted by Gasteiger charge is -2.13. The van der Waals surface area contributed by atoms with Crippen molar-refractivity contribution in [3.63, 3.8) is 0 Å². The highest BCUT2D eigenvalue weighted by atomic mass is 19.1. The first-order valence-corrected chi connectivity index (χ1v) is 10.5. The maximum Gasteiger partial charge on any atom is 0.231 e. The molecule has 0 aliphatic heterocycles. The Bertz CT molecular complexity index is 1320. The van der Waals surface area contributed by atoms with Gasteiger partial charge in [-0.3, -0.25) is 9.78 Å². The van der Waals surface area contributed by atoms with Crippen molar-refractivity contribution in [2.45, 2.75) is 45.7 Å². The van der Waals surface area contributed by atoms with Gasteiger partial charge in [-0.05, 0) is 43.4 Å². The smallest absolute Gasteiger partial charge is 0.231 e. The number of amides is 1. The zero-order valence-corrected chi connectivity index (χ0v) is 17.6. The van der Waals surface area contributed by atoms with E-state index in [1.54, 1.807) is 16.8 Å². The van der Waals surface area contributed by atoms with Crippen LogP contribution in [0.3, 0.4) is 0 Å². The van der Waals surface area contributed by atoms with Crippen LogP contribution in [0.4, 0.5) is 10.2 Å². The summed E-state index contributed by atoms with van der Waals surface area (Å²) in [5.41, 5.74) is 5.57. The van der Waals surface area contributed by atoms with E-state index in [4.69, 9.17) is 0 Å². The number of nitrogens with zero attached hydrogens (tertiary/aromatic N) is 5. The number of rotatable bonds is 5. The molecule has 0 radical (unpaired) electrons. The van der Waals surface area contributed by atoms with Crippen molar-refractivity contribution >= 4 is 28.3 Å². The van der Waals surface area contributed by atoms with E-state index in [1.807, 2.05) is 12.3 Å². The van der Waals surface area contributed by atoms with Crippen molar-refractivity contribution in [3.05, 3.63) is 48.2 Å². The van der Waals surface area contributed by atoms with E-state index >= 15 is 0 Å². The van der Waals surface area contributed by atoms with E-state index in [9.17, 15) is 9.18 Å². The van der Waals surface area contributed by atoms with Crippen LogP contribution in [-0.2, 0) is 4.79 Å². The molecule has 0 unspecified atom stereocenters. The molecule has 0 aromatic carbocycles. The van der Waals surface area contributed by atoms with Crippen LogP contribution in [0.1, 0.15) is 43.9 Å². The van der Waals surface area contributed by atoms with Crippen LogP contribution in [0.15, 0.2) is 36.9 Å². The number of hydrogen-bond donors (Lipinski definition) is 1. The number of pyridine rings is 3. The fourth-order valence-corrected chi connectivity index (χ4v) is 3.83. The summed E-state index contributed by atoms with van der Waals surface area (Å²) in [5.74, 6) is -0.135. The summed E-state index contributed by atoms with van der Waals surface area (Å²) < 4.78 is 14.9. The zero-order valence-electron chi connectivity index (χ0n) is 17.6. The molecule has 0 saturated heterocycles. The molecule has 3 atom stereocenters. The van der Waals surface area contributed by atoms with Gasteiger partial charge in [-0.25, -0.2) is 18.9 Å². The average Bonchev–Trinajstić information content (AvgIpc) is 3.30. The summed E-state index contributed by atoms with van der Waals surface area (Å²) in [6, 6.07) is 5.89. The Morgan fingerprint density at radius 2 is 2.03 bits per heavy atom. The van der Waals surface area contributed by atoms with Crippen LogP contribution in [-0.4, -0.2) is 36.6 Å². The summed E-state index contributed by atoms with van der Waals surface area (Å²) >= 11 is 0. The molecule has 0 spiro atoms. The lowest BCUT2D eigenvalue weighted by Crippen LogP contribution is -2.16. The van der Waals surface area contributed by atoms with E-state index in [-0.39, 0.29) is 12.3 Å². The third kappa shape index (κ3) is 3.41. The van der Waals surface area contributed by atoms with Gasteiger partial charge in [0.1, 0.15) is 18.3 Å². The molecule has 158 valence electrons. The maximum absolute atomic E-state index is 13.2. The Morgan fingerprint density at radius 1 is 1.23 bits per heavy atom. The molecular weight excluding hydrogens is 395 g/mol. The molecule has 4 heterocycles. The first-order valence-electron chi connectivity index (χ1n) is 10.5. The van der Waals surface area contributed by atoms with Crippen molar-refractivity contribution in [1.29, 1.82) is 0 Å². The Hall–Kier alpha value is -3.42. The van der Waals surface area contributed by atoms with Crippen LogP contribution < -0.4 is 5.32 Å². The summed E-state index contributed by atoms with van der Waals surface area (Å²) in [6.07, 6.45) is 5.36. The molecule has 8 heteroatoms. The Morgan fingerprint density at radius 3 is 2.74 bits per heavy atom. The van der Waals surface area contributed by atoms with E-state index in [2.05, 4.69) is 52.2 Å². The van der Waals surface area contributed by atoms with Crippen molar-refractivity contribution in [2.75, 3.05) is 5.32 Å². The molecule has 4 aromatic rings. The van der Waals surface area contributed by atoms with E-state index in [0.29, 0.717) is 17.4 Å². The first-order chi connectivity index (χ1) is 15.0. The number of aromatic nitrogens is 5. The molecule has 1 saturated carbocycles. The minimum Gasteiger partial charge on any atom is -0.310 e. The highest BCUT2D eigenvalue weighted by Gasteiger charge is 2.43. The summed E-state index contributed by atoms with van der Waals surface area (Å²) in [5, 5.41) is 7.94. The largest absolute Gasteiger partial charge is 0.310 e. The van der Waals surface area contributed by atoms with Crippen LogP contribution in [0, 0.1) is 12.8 Å². The summed E-state index contributed by atoms with van der Waals surface area (Å²) in [6.45, 7) is 6.41.